The van der Waals surface area contributed by atoms with Crippen LogP contribution in [-0.2, 0) is 0 Å². The first-order valence-electron chi connectivity index (χ1n) is 4.40. The number of hydrogen-bond acceptors (Lipinski definition) is 5. The number of rotatable bonds is 3. The molecule has 0 aliphatic carbocycles. The van der Waals surface area contributed by atoms with Gasteiger partial charge in [-0.3, -0.25) is 4.98 Å². The highest BCUT2D eigenvalue weighted by atomic mass is 16.5. The molecule has 0 fully saturated rings. The molecule has 0 atom stereocenters. The molecule has 0 unspecified atom stereocenters. The van der Waals surface area contributed by atoms with Gasteiger partial charge in [0.2, 0.25) is 0 Å². The van der Waals surface area contributed by atoms with Crippen molar-refractivity contribution < 1.29 is 14.6 Å². The second-order valence-corrected chi connectivity index (χ2v) is 2.85. The van der Waals surface area contributed by atoms with E-state index in [-0.39, 0.29) is 11.4 Å². The SMILES string of the molecule is O=C(O)c1ccnnc1Oc1cccnc1. The zero-order chi connectivity index (χ0) is 11.4. The summed E-state index contributed by atoms with van der Waals surface area (Å²) in [6.07, 6.45) is 4.33. The van der Waals surface area contributed by atoms with E-state index in [0.29, 0.717) is 5.75 Å². The van der Waals surface area contributed by atoms with Crippen LogP contribution in [0, 0.1) is 0 Å². The molecule has 0 amide bonds. The highest BCUT2D eigenvalue weighted by Crippen LogP contribution is 2.20. The molecular weight excluding hydrogens is 210 g/mol. The zero-order valence-electron chi connectivity index (χ0n) is 8.07. The largest absolute Gasteiger partial charge is 0.477 e. The van der Waals surface area contributed by atoms with E-state index in [0.717, 1.165) is 0 Å². The Labute approximate surface area is 90.6 Å². The lowest BCUT2D eigenvalue weighted by Crippen LogP contribution is -2.02. The molecule has 0 bridgehead atoms. The molecular formula is C10H7N3O3. The number of hydrogen-bond donors (Lipinski definition) is 1. The van der Waals surface area contributed by atoms with E-state index >= 15 is 0 Å². The van der Waals surface area contributed by atoms with Gasteiger partial charge in [-0.2, -0.15) is 5.10 Å². The minimum absolute atomic E-state index is 0.0427. The van der Waals surface area contributed by atoms with Crippen LogP contribution in [0.15, 0.2) is 36.8 Å². The average Bonchev–Trinajstić information content (AvgIpc) is 2.31. The lowest BCUT2D eigenvalue weighted by Gasteiger charge is -2.04. The summed E-state index contributed by atoms with van der Waals surface area (Å²) in [4.78, 5) is 14.7. The van der Waals surface area contributed by atoms with Gasteiger partial charge in [0, 0.05) is 6.20 Å². The number of pyridine rings is 1. The summed E-state index contributed by atoms with van der Waals surface area (Å²) >= 11 is 0. The van der Waals surface area contributed by atoms with Crippen LogP contribution in [0.5, 0.6) is 11.6 Å². The van der Waals surface area contributed by atoms with Gasteiger partial charge in [-0.1, -0.05) is 0 Å². The fourth-order valence-electron chi connectivity index (χ4n) is 1.08. The summed E-state index contributed by atoms with van der Waals surface area (Å²) in [5.74, 6) is -0.762. The maximum Gasteiger partial charge on any atom is 0.341 e. The predicted molar refractivity (Wildman–Crippen MR) is 53.3 cm³/mol. The van der Waals surface area contributed by atoms with Gasteiger partial charge in [-0.15, -0.1) is 5.10 Å². The molecule has 6 nitrogen and oxygen atoms in total. The first kappa shape index (κ1) is 10.0. The molecule has 0 saturated carbocycles. The third-order valence-corrected chi connectivity index (χ3v) is 1.77. The van der Waals surface area contributed by atoms with Gasteiger partial charge in [0.1, 0.15) is 11.3 Å². The third kappa shape index (κ3) is 2.11. The van der Waals surface area contributed by atoms with Crippen molar-refractivity contribution in [2.75, 3.05) is 0 Å². The molecule has 0 radical (unpaired) electrons. The minimum Gasteiger partial charge on any atom is -0.477 e. The summed E-state index contributed by atoms with van der Waals surface area (Å²) in [6.45, 7) is 0. The molecule has 80 valence electrons. The van der Waals surface area contributed by atoms with Crippen molar-refractivity contribution >= 4 is 5.97 Å². The number of carboxylic acid groups (broad SMARTS) is 1. The first-order valence-corrected chi connectivity index (χ1v) is 4.40. The van der Waals surface area contributed by atoms with Crippen molar-refractivity contribution in [3.8, 4) is 11.6 Å². The molecule has 16 heavy (non-hydrogen) atoms. The number of aromatic carboxylic acids is 1. The summed E-state index contributed by atoms with van der Waals surface area (Å²) in [7, 11) is 0. The lowest BCUT2D eigenvalue weighted by molar-refractivity contribution is 0.0693. The highest BCUT2D eigenvalue weighted by Gasteiger charge is 2.13. The number of carboxylic acids is 1. The first-order chi connectivity index (χ1) is 7.77. The normalized spacial score (nSPS) is 9.75. The van der Waals surface area contributed by atoms with E-state index in [4.69, 9.17) is 9.84 Å². The Kier molecular flexibility index (Phi) is 2.73. The van der Waals surface area contributed by atoms with Gasteiger partial charge in [0.05, 0.1) is 12.4 Å². The second kappa shape index (κ2) is 4.35. The molecule has 2 heterocycles. The number of aromatic nitrogens is 3. The van der Waals surface area contributed by atoms with Crippen LogP contribution in [0.25, 0.3) is 0 Å². The Morgan fingerprint density at radius 1 is 1.31 bits per heavy atom. The smallest absolute Gasteiger partial charge is 0.341 e. The second-order valence-electron chi connectivity index (χ2n) is 2.85. The highest BCUT2D eigenvalue weighted by molar-refractivity contribution is 5.89. The molecule has 2 rings (SSSR count). The van der Waals surface area contributed by atoms with E-state index in [9.17, 15) is 4.79 Å². The minimum atomic E-state index is -1.12. The molecule has 0 aliphatic rings. The summed E-state index contributed by atoms with van der Waals surface area (Å²) in [6, 6.07) is 4.64. The average molecular weight is 217 g/mol. The van der Waals surface area contributed by atoms with Crippen molar-refractivity contribution in [2.24, 2.45) is 0 Å². The van der Waals surface area contributed by atoms with Crippen molar-refractivity contribution in [1.82, 2.24) is 15.2 Å². The summed E-state index contributed by atoms with van der Waals surface area (Å²) in [5.41, 5.74) is -0.0427. The standard InChI is InChI=1S/C10H7N3O3/c14-10(15)8-3-5-12-13-9(8)16-7-2-1-4-11-6-7/h1-6H,(H,14,15). The molecule has 0 aliphatic heterocycles. The summed E-state index contributed by atoms with van der Waals surface area (Å²) < 4.78 is 5.25. The quantitative estimate of drug-likeness (QED) is 0.835. The fourth-order valence-corrected chi connectivity index (χ4v) is 1.08. The van der Waals surface area contributed by atoms with Gasteiger partial charge in [-0.25, -0.2) is 4.79 Å². The predicted octanol–water partition coefficient (Wildman–Crippen LogP) is 1.36. The van der Waals surface area contributed by atoms with Crippen LogP contribution in [-0.4, -0.2) is 26.3 Å². The monoisotopic (exact) mass is 217 g/mol. The maximum absolute atomic E-state index is 10.8. The Balaban J connectivity index is 2.31. The molecule has 6 heteroatoms. The van der Waals surface area contributed by atoms with Crippen LogP contribution in [0.3, 0.4) is 0 Å². The zero-order valence-corrected chi connectivity index (χ0v) is 8.07. The Morgan fingerprint density at radius 3 is 2.88 bits per heavy atom. The lowest BCUT2D eigenvalue weighted by atomic mass is 10.3. The molecule has 2 aromatic heterocycles. The molecule has 0 aromatic carbocycles. The Morgan fingerprint density at radius 2 is 2.19 bits per heavy atom. The van der Waals surface area contributed by atoms with E-state index < -0.39 is 5.97 Å². The van der Waals surface area contributed by atoms with Gasteiger partial charge >= 0.3 is 5.97 Å². The molecule has 0 spiro atoms. The fraction of sp³-hybridized carbons (Fsp3) is 0. The van der Waals surface area contributed by atoms with E-state index in [1.807, 2.05) is 0 Å². The van der Waals surface area contributed by atoms with Crippen LogP contribution in [0.2, 0.25) is 0 Å². The molecule has 0 saturated heterocycles. The topological polar surface area (TPSA) is 85.2 Å². The molecule has 1 N–H and O–H groups in total. The van der Waals surface area contributed by atoms with Crippen molar-refractivity contribution in [3.63, 3.8) is 0 Å². The van der Waals surface area contributed by atoms with Gasteiger partial charge in [-0.05, 0) is 18.2 Å². The van der Waals surface area contributed by atoms with E-state index in [2.05, 4.69) is 15.2 Å². The molecule has 2 aromatic rings. The number of carbonyl (C=O) groups is 1. The number of ether oxygens (including phenoxy) is 1. The van der Waals surface area contributed by atoms with Crippen LogP contribution in [0.4, 0.5) is 0 Å². The van der Waals surface area contributed by atoms with Crippen molar-refractivity contribution in [1.29, 1.82) is 0 Å². The van der Waals surface area contributed by atoms with E-state index in [1.165, 1.54) is 18.5 Å². The van der Waals surface area contributed by atoms with Gasteiger partial charge < -0.3 is 9.84 Å². The van der Waals surface area contributed by atoms with Crippen LogP contribution < -0.4 is 4.74 Å². The van der Waals surface area contributed by atoms with E-state index in [1.54, 1.807) is 18.3 Å². The number of nitrogens with zero attached hydrogens (tertiary/aromatic N) is 3. The Bertz CT molecular complexity index is 502. The van der Waals surface area contributed by atoms with Crippen LogP contribution in [0.1, 0.15) is 10.4 Å². The van der Waals surface area contributed by atoms with Crippen LogP contribution >= 0.6 is 0 Å². The summed E-state index contributed by atoms with van der Waals surface area (Å²) in [5, 5.41) is 16.1. The van der Waals surface area contributed by atoms with Gasteiger partial charge in [0.15, 0.2) is 0 Å². The van der Waals surface area contributed by atoms with Crippen molar-refractivity contribution in [2.45, 2.75) is 0 Å². The van der Waals surface area contributed by atoms with Gasteiger partial charge in [0.25, 0.3) is 5.88 Å². The maximum atomic E-state index is 10.8. The third-order valence-electron chi connectivity index (χ3n) is 1.77. The van der Waals surface area contributed by atoms with Crippen molar-refractivity contribution in [3.05, 3.63) is 42.4 Å². The Hall–Kier alpha value is -2.50.